The van der Waals surface area contributed by atoms with Gasteiger partial charge >= 0.3 is 0 Å². The SMILES string of the molecule is CCCc1c(CCC)c(CCC)[n+]2c(c1CCC)C(C=O)c1cc(-c3ccc(C(=C(c4ccccc4)c4ccccc4)c4ccccc4)cc3)ccc1-2. The molecule has 0 N–H and O–H groups in total. The van der Waals surface area contributed by atoms with Crippen LogP contribution < -0.4 is 4.57 Å². The lowest BCUT2D eigenvalue weighted by molar-refractivity contribution is -0.607. The van der Waals surface area contributed by atoms with Gasteiger partial charge < -0.3 is 4.79 Å². The van der Waals surface area contributed by atoms with E-state index in [-0.39, 0.29) is 5.92 Å². The van der Waals surface area contributed by atoms with E-state index in [0.29, 0.717) is 0 Å². The van der Waals surface area contributed by atoms with Crippen LogP contribution in [0.3, 0.4) is 0 Å². The maximum absolute atomic E-state index is 13.2. The molecule has 1 atom stereocenters. The van der Waals surface area contributed by atoms with Gasteiger partial charge in [-0.2, -0.15) is 4.57 Å². The van der Waals surface area contributed by atoms with Crippen molar-refractivity contribution >= 4 is 17.4 Å². The molecule has 2 nitrogen and oxygen atoms in total. The van der Waals surface area contributed by atoms with Crippen LogP contribution >= 0.6 is 0 Å². The molecule has 0 saturated carbocycles. The maximum atomic E-state index is 13.2. The molecule has 0 aliphatic carbocycles. The second-order valence-corrected chi connectivity index (χ2v) is 14.4. The minimum atomic E-state index is -0.264. The van der Waals surface area contributed by atoms with E-state index in [1.807, 2.05) is 0 Å². The minimum absolute atomic E-state index is 0.264. The van der Waals surface area contributed by atoms with E-state index >= 15 is 0 Å². The van der Waals surface area contributed by atoms with E-state index in [1.54, 1.807) is 0 Å². The molecule has 1 aromatic heterocycles. The van der Waals surface area contributed by atoms with Crippen molar-refractivity contribution in [2.24, 2.45) is 0 Å². The molecule has 0 amide bonds. The standard InChI is InChI=1S/C51H52NO/c1-5-18-42-43(19-6-2)47(21-8-4)52-48-33-32-41(34-45(48)46(35-53)51(52)44(42)20-7-3)36-28-30-40(31-29-36)50(39-26-16-11-17-27-39)49(37-22-12-9-13-23-37)38-24-14-10-15-25-38/h9-17,22-35,46H,5-8,18-21H2,1-4H3/q+1. The van der Waals surface area contributed by atoms with Crippen LogP contribution in [0.25, 0.3) is 28.0 Å². The lowest BCUT2D eigenvalue weighted by Crippen LogP contribution is -2.41. The van der Waals surface area contributed by atoms with E-state index in [4.69, 9.17) is 0 Å². The van der Waals surface area contributed by atoms with E-state index in [0.717, 1.165) is 73.6 Å². The Balaban J connectivity index is 1.37. The molecule has 7 rings (SSSR count). The molecule has 0 saturated heterocycles. The molecule has 6 aromatic rings. The summed E-state index contributed by atoms with van der Waals surface area (Å²) in [5.41, 5.74) is 18.9. The first-order chi connectivity index (χ1) is 26.1. The van der Waals surface area contributed by atoms with Gasteiger partial charge in [0.25, 0.3) is 0 Å². The summed E-state index contributed by atoms with van der Waals surface area (Å²) in [4.78, 5) is 13.2. The number of rotatable bonds is 14. The van der Waals surface area contributed by atoms with Crippen molar-refractivity contribution in [3.8, 4) is 16.8 Å². The van der Waals surface area contributed by atoms with Crippen molar-refractivity contribution in [1.82, 2.24) is 0 Å². The van der Waals surface area contributed by atoms with Crippen LogP contribution in [0.1, 0.15) is 115 Å². The summed E-state index contributed by atoms with van der Waals surface area (Å²) in [6.07, 6.45) is 9.77. The smallest absolute Gasteiger partial charge is 0.215 e. The number of carbonyl (C=O) groups excluding carboxylic acids is 1. The Hall–Kier alpha value is -5.34. The van der Waals surface area contributed by atoms with Crippen LogP contribution in [0.4, 0.5) is 0 Å². The predicted molar refractivity (Wildman–Crippen MR) is 222 cm³/mol. The van der Waals surface area contributed by atoms with Crippen molar-refractivity contribution in [3.63, 3.8) is 0 Å². The monoisotopic (exact) mass is 694 g/mol. The molecule has 2 heterocycles. The molecule has 0 fully saturated rings. The quantitative estimate of drug-likeness (QED) is 0.0632. The number of nitrogens with zero attached hydrogens (tertiary/aromatic N) is 1. The van der Waals surface area contributed by atoms with Crippen molar-refractivity contribution < 1.29 is 9.36 Å². The van der Waals surface area contributed by atoms with Crippen molar-refractivity contribution in [2.75, 3.05) is 0 Å². The van der Waals surface area contributed by atoms with Crippen LogP contribution in [0.15, 0.2) is 133 Å². The lowest BCUT2D eigenvalue weighted by atomic mass is 9.85. The van der Waals surface area contributed by atoms with E-state index < -0.39 is 0 Å². The molecule has 5 aromatic carbocycles. The van der Waals surface area contributed by atoms with Gasteiger partial charge in [-0.25, -0.2) is 0 Å². The second kappa shape index (κ2) is 16.6. The lowest BCUT2D eigenvalue weighted by Gasteiger charge is -2.19. The summed E-state index contributed by atoms with van der Waals surface area (Å²) in [7, 11) is 0. The van der Waals surface area contributed by atoms with Crippen molar-refractivity contribution in [1.29, 1.82) is 0 Å². The minimum Gasteiger partial charge on any atom is -0.302 e. The molecule has 0 radical (unpaired) electrons. The Bertz CT molecular complexity index is 2170. The summed E-state index contributed by atoms with van der Waals surface area (Å²) in [5.74, 6) is -0.264. The third-order valence-electron chi connectivity index (χ3n) is 10.9. The third-order valence-corrected chi connectivity index (χ3v) is 10.9. The zero-order valence-electron chi connectivity index (χ0n) is 31.9. The van der Waals surface area contributed by atoms with Gasteiger partial charge in [0, 0.05) is 29.2 Å². The van der Waals surface area contributed by atoms with Crippen LogP contribution in [-0.2, 0) is 30.5 Å². The molecule has 0 bridgehead atoms. The molecule has 266 valence electrons. The van der Waals surface area contributed by atoms with Crippen molar-refractivity contribution in [2.45, 2.75) is 85.0 Å². The molecule has 1 aliphatic rings. The highest BCUT2D eigenvalue weighted by Crippen LogP contribution is 2.41. The largest absolute Gasteiger partial charge is 0.302 e. The Morgan fingerprint density at radius 3 is 1.45 bits per heavy atom. The average Bonchev–Trinajstić information content (AvgIpc) is 3.54. The average molecular weight is 695 g/mol. The topological polar surface area (TPSA) is 20.9 Å². The third kappa shape index (κ3) is 6.96. The summed E-state index contributed by atoms with van der Waals surface area (Å²) >= 11 is 0. The zero-order valence-corrected chi connectivity index (χ0v) is 31.9. The molecule has 53 heavy (non-hydrogen) atoms. The number of aromatic nitrogens is 1. The molecule has 0 spiro atoms. The van der Waals surface area contributed by atoms with E-state index in [2.05, 4.69) is 166 Å². The van der Waals surface area contributed by atoms with Gasteiger partial charge in [0.1, 0.15) is 12.2 Å². The number of carbonyl (C=O) groups is 1. The Kier molecular flexibility index (Phi) is 11.3. The van der Waals surface area contributed by atoms with Crippen LogP contribution in [0.2, 0.25) is 0 Å². The highest BCUT2D eigenvalue weighted by molar-refractivity contribution is 6.04. The van der Waals surface area contributed by atoms with Gasteiger partial charge in [0.15, 0.2) is 5.69 Å². The van der Waals surface area contributed by atoms with Gasteiger partial charge in [-0.05, 0) is 87.9 Å². The van der Waals surface area contributed by atoms with Gasteiger partial charge in [-0.15, -0.1) is 0 Å². The number of benzene rings is 5. The fourth-order valence-corrected chi connectivity index (χ4v) is 8.68. The normalized spacial score (nSPS) is 13.0. The molecule has 1 unspecified atom stereocenters. The fraction of sp³-hybridized carbons (Fsp3) is 0.255. The highest BCUT2D eigenvalue weighted by Gasteiger charge is 2.43. The van der Waals surface area contributed by atoms with E-state index in [1.165, 1.54) is 67.9 Å². The van der Waals surface area contributed by atoms with Gasteiger partial charge in [-0.3, -0.25) is 0 Å². The van der Waals surface area contributed by atoms with Gasteiger partial charge in [0.2, 0.25) is 11.4 Å². The first-order valence-corrected chi connectivity index (χ1v) is 19.9. The zero-order chi connectivity index (χ0) is 36.7. The second-order valence-electron chi connectivity index (χ2n) is 14.4. The number of aldehydes is 1. The first kappa shape index (κ1) is 36.0. The van der Waals surface area contributed by atoms with Crippen LogP contribution in [0, 0.1) is 0 Å². The van der Waals surface area contributed by atoms with Crippen LogP contribution in [0.5, 0.6) is 0 Å². The number of pyridine rings is 1. The molecule has 2 heteroatoms. The van der Waals surface area contributed by atoms with E-state index in [9.17, 15) is 4.79 Å². The van der Waals surface area contributed by atoms with Crippen molar-refractivity contribution in [3.05, 3.63) is 189 Å². The summed E-state index contributed by atoms with van der Waals surface area (Å²) in [5, 5.41) is 0. The molecule has 1 aliphatic heterocycles. The van der Waals surface area contributed by atoms with Gasteiger partial charge in [0.05, 0.1) is 0 Å². The molecular formula is C51H52NO+. The highest BCUT2D eigenvalue weighted by atomic mass is 16.1. The summed E-state index contributed by atoms with van der Waals surface area (Å²) < 4.78 is 2.52. The number of hydrogen-bond acceptors (Lipinski definition) is 1. The maximum Gasteiger partial charge on any atom is 0.215 e. The fourth-order valence-electron chi connectivity index (χ4n) is 8.68. The van der Waals surface area contributed by atoms with Crippen LogP contribution in [-0.4, -0.2) is 6.29 Å². The Morgan fingerprint density at radius 2 is 0.962 bits per heavy atom. The Morgan fingerprint density at radius 1 is 0.509 bits per heavy atom. The summed E-state index contributed by atoms with van der Waals surface area (Å²) in [6, 6.07) is 48.1. The number of hydrogen-bond donors (Lipinski definition) is 0. The van der Waals surface area contributed by atoms with Gasteiger partial charge in [-0.1, -0.05) is 162 Å². The predicted octanol–water partition coefficient (Wildman–Crippen LogP) is 12.1. The first-order valence-electron chi connectivity index (χ1n) is 19.9. The number of fused-ring (bicyclic) bond motifs is 3. The summed E-state index contributed by atoms with van der Waals surface area (Å²) in [6.45, 7) is 9.14. The Labute approximate surface area is 316 Å². The molecular weight excluding hydrogens is 643 g/mol.